The summed E-state index contributed by atoms with van der Waals surface area (Å²) in [4.78, 5) is 19.0. The highest BCUT2D eigenvalue weighted by molar-refractivity contribution is 5.61. The molecule has 3 rings (SSSR count). The maximum Gasteiger partial charge on any atom is 0.269 e. The molecule has 132 valence electrons. The molecule has 1 N–H and O–H groups in total. The van der Waals surface area contributed by atoms with E-state index in [1.165, 1.54) is 19.2 Å². The lowest BCUT2D eigenvalue weighted by Gasteiger charge is -2.37. The normalized spacial score (nSPS) is 14.5. The van der Waals surface area contributed by atoms with E-state index in [0.717, 1.165) is 24.5 Å². The highest BCUT2D eigenvalue weighted by Crippen LogP contribution is 2.36. The Balaban J connectivity index is 1.72. The summed E-state index contributed by atoms with van der Waals surface area (Å²) in [6.07, 6.45) is 0. The lowest BCUT2D eigenvalue weighted by Crippen LogP contribution is -2.46. The first-order chi connectivity index (χ1) is 12.0. The number of benzene rings is 1. The number of ether oxygens (including phenoxy) is 1. The quantitative estimate of drug-likeness (QED) is 0.672. The molecule has 1 aromatic heterocycles. The third-order valence-corrected chi connectivity index (χ3v) is 4.29. The minimum Gasteiger partial charge on any atom is -0.502 e. The number of nitrogens with zero attached hydrogens (tertiary/aromatic N) is 4. The second kappa shape index (κ2) is 6.84. The number of methoxy groups -OCH3 is 1. The molecule has 2 aromatic rings. The largest absolute Gasteiger partial charge is 0.502 e. The molecule has 1 aliphatic heterocycles. The number of pyridine rings is 1. The number of nitro benzene ring substituents is 1. The Kier molecular flexibility index (Phi) is 4.60. The molecular weight excluding hydrogens is 324 g/mol. The van der Waals surface area contributed by atoms with Gasteiger partial charge in [0.15, 0.2) is 11.6 Å². The van der Waals surface area contributed by atoms with Gasteiger partial charge >= 0.3 is 0 Å². The van der Waals surface area contributed by atoms with Crippen LogP contribution in [0, 0.1) is 17.0 Å². The standard InChI is InChI=1S/C17H20N4O4/c1-12-11-15(25-2)16(22)17(18-12)20-9-7-19(8-10-20)13-3-5-14(6-4-13)21(23)24/h3-6,11,22H,7-10H2,1-2H3. The molecule has 0 saturated carbocycles. The van der Waals surface area contributed by atoms with Gasteiger partial charge in [-0.3, -0.25) is 10.1 Å². The van der Waals surface area contributed by atoms with Crippen molar-refractivity contribution in [2.45, 2.75) is 6.92 Å². The van der Waals surface area contributed by atoms with Gasteiger partial charge in [0.05, 0.1) is 12.0 Å². The van der Waals surface area contributed by atoms with Gasteiger partial charge < -0.3 is 19.6 Å². The molecule has 1 saturated heterocycles. The predicted octanol–water partition coefficient (Wildman–Crippen LogP) is 2.34. The Morgan fingerprint density at radius 2 is 1.76 bits per heavy atom. The van der Waals surface area contributed by atoms with Crippen LogP contribution in [0.2, 0.25) is 0 Å². The van der Waals surface area contributed by atoms with E-state index in [4.69, 9.17) is 4.74 Å². The second-order valence-corrected chi connectivity index (χ2v) is 5.89. The van der Waals surface area contributed by atoms with E-state index in [1.54, 1.807) is 18.2 Å². The number of aryl methyl sites for hydroxylation is 1. The molecule has 1 aromatic carbocycles. The maximum atomic E-state index is 10.7. The lowest BCUT2D eigenvalue weighted by molar-refractivity contribution is -0.384. The van der Waals surface area contributed by atoms with Gasteiger partial charge in [-0.25, -0.2) is 4.98 Å². The van der Waals surface area contributed by atoms with Crippen molar-refractivity contribution in [2.24, 2.45) is 0 Å². The van der Waals surface area contributed by atoms with E-state index in [0.29, 0.717) is 24.7 Å². The van der Waals surface area contributed by atoms with Crippen LogP contribution < -0.4 is 14.5 Å². The van der Waals surface area contributed by atoms with Gasteiger partial charge in [-0.2, -0.15) is 0 Å². The van der Waals surface area contributed by atoms with E-state index in [1.807, 2.05) is 11.8 Å². The van der Waals surface area contributed by atoms with Crippen LogP contribution in [0.1, 0.15) is 5.69 Å². The number of aromatic hydroxyl groups is 1. The molecule has 8 nitrogen and oxygen atoms in total. The zero-order valence-electron chi connectivity index (χ0n) is 14.2. The van der Waals surface area contributed by atoms with E-state index >= 15 is 0 Å². The number of piperazine rings is 1. The van der Waals surface area contributed by atoms with E-state index in [9.17, 15) is 15.2 Å². The summed E-state index contributed by atoms with van der Waals surface area (Å²) in [5, 5.41) is 21.1. The van der Waals surface area contributed by atoms with Crippen LogP contribution in [0.25, 0.3) is 0 Å². The average Bonchev–Trinajstić information content (AvgIpc) is 2.63. The minimum atomic E-state index is -0.402. The summed E-state index contributed by atoms with van der Waals surface area (Å²) in [6.45, 7) is 4.69. The van der Waals surface area contributed by atoms with Crippen molar-refractivity contribution in [3.05, 3.63) is 46.1 Å². The van der Waals surface area contributed by atoms with E-state index in [-0.39, 0.29) is 11.4 Å². The smallest absolute Gasteiger partial charge is 0.269 e. The fraction of sp³-hybridized carbons (Fsp3) is 0.353. The van der Waals surface area contributed by atoms with Gasteiger partial charge in [0.25, 0.3) is 5.69 Å². The lowest BCUT2D eigenvalue weighted by atomic mass is 10.2. The molecule has 8 heteroatoms. The molecule has 1 fully saturated rings. The first kappa shape index (κ1) is 16.8. The molecule has 0 spiro atoms. The Bertz CT molecular complexity index is 771. The highest BCUT2D eigenvalue weighted by atomic mass is 16.6. The molecule has 0 bridgehead atoms. The molecule has 0 radical (unpaired) electrons. The Labute approximate surface area is 145 Å². The number of hydrogen-bond donors (Lipinski definition) is 1. The number of anilines is 2. The summed E-state index contributed by atoms with van der Waals surface area (Å²) in [5.41, 5.74) is 1.81. The van der Waals surface area contributed by atoms with Gasteiger partial charge in [-0.15, -0.1) is 0 Å². The van der Waals surface area contributed by atoms with Gasteiger partial charge in [-0.05, 0) is 19.1 Å². The molecule has 1 aliphatic rings. The molecule has 0 amide bonds. The topological polar surface area (TPSA) is 92.0 Å². The summed E-state index contributed by atoms with van der Waals surface area (Å²) in [6, 6.07) is 8.26. The van der Waals surface area contributed by atoms with Crippen molar-refractivity contribution in [1.82, 2.24) is 4.98 Å². The third-order valence-electron chi connectivity index (χ3n) is 4.29. The molecule has 0 atom stereocenters. The molecule has 2 heterocycles. The molecule has 25 heavy (non-hydrogen) atoms. The van der Waals surface area contributed by atoms with Crippen LogP contribution in [-0.4, -0.2) is 48.3 Å². The monoisotopic (exact) mass is 344 g/mol. The Morgan fingerprint density at radius 1 is 1.16 bits per heavy atom. The Morgan fingerprint density at radius 3 is 2.32 bits per heavy atom. The molecule has 0 unspecified atom stereocenters. The molecule has 0 aliphatic carbocycles. The van der Waals surface area contributed by atoms with Crippen LogP contribution in [-0.2, 0) is 0 Å². The van der Waals surface area contributed by atoms with Gasteiger partial charge in [0.1, 0.15) is 0 Å². The number of rotatable bonds is 4. The Hall–Kier alpha value is -3.03. The summed E-state index contributed by atoms with van der Waals surface area (Å²) in [5.74, 6) is 0.998. The number of hydrogen-bond acceptors (Lipinski definition) is 7. The SMILES string of the molecule is COc1cc(C)nc(N2CCN(c3ccc([N+](=O)[O-])cc3)CC2)c1O. The second-order valence-electron chi connectivity index (χ2n) is 5.89. The van der Waals surface area contributed by atoms with Crippen LogP contribution in [0.15, 0.2) is 30.3 Å². The summed E-state index contributed by atoms with van der Waals surface area (Å²) < 4.78 is 5.20. The van der Waals surface area contributed by atoms with Gasteiger partial charge in [-0.1, -0.05) is 0 Å². The van der Waals surface area contributed by atoms with Crippen molar-refractivity contribution in [1.29, 1.82) is 0 Å². The van der Waals surface area contributed by atoms with Crippen molar-refractivity contribution < 1.29 is 14.8 Å². The summed E-state index contributed by atoms with van der Waals surface area (Å²) in [7, 11) is 1.52. The molecular formula is C17H20N4O4. The fourth-order valence-corrected chi connectivity index (χ4v) is 2.96. The average molecular weight is 344 g/mol. The predicted molar refractivity (Wildman–Crippen MR) is 94.7 cm³/mol. The zero-order chi connectivity index (χ0) is 18.0. The van der Waals surface area contributed by atoms with E-state index < -0.39 is 4.92 Å². The van der Waals surface area contributed by atoms with Crippen molar-refractivity contribution in [2.75, 3.05) is 43.1 Å². The number of aromatic nitrogens is 1. The first-order valence-electron chi connectivity index (χ1n) is 7.98. The minimum absolute atomic E-state index is 0.0527. The fourth-order valence-electron chi connectivity index (χ4n) is 2.96. The zero-order valence-corrected chi connectivity index (χ0v) is 14.2. The van der Waals surface area contributed by atoms with Crippen LogP contribution >= 0.6 is 0 Å². The third kappa shape index (κ3) is 3.42. The van der Waals surface area contributed by atoms with Crippen molar-refractivity contribution >= 4 is 17.2 Å². The highest BCUT2D eigenvalue weighted by Gasteiger charge is 2.23. The van der Waals surface area contributed by atoms with Crippen molar-refractivity contribution in [3.8, 4) is 11.5 Å². The van der Waals surface area contributed by atoms with Crippen LogP contribution in [0.4, 0.5) is 17.2 Å². The number of non-ortho nitro benzene ring substituents is 1. The van der Waals surface area contributed by atoms with Gasteiger partial charge in [0, 0.05) is 55.8 Å². The maximum absolute atomic E-state index is 10.7. The summed E-state index contributed by atoms with van der Waals surface area (Å²) >= 11 is 0. The van der Waals surface area contributed by atoms with E-state index in [2.05, 4.69) is 9.88 Å². The number of nitro groups is 1. The van der Waals surface area contributed by atoms with Crippen LogP contribution in [0.3, 0.4) is 0 Å². The van der Waals surface area contributed by atoms with Crippen molar-refractivity contribution in [3.63, 3.8) is 0 Å². The van der Waals surface area contributed by atoms with Gasteiger partial charge in [0.2, 0.25) is 5.75 Å². The van der Waals surface area contributed by atoms with Crippen LogP contribution in [0.5, 0.6) is 11.5 Å². The first-order valence-corrected chi connectivity index (χ1v) is 7.98.